The highest BCUT2D eigenvalue weighted by Gasteiger charge is 2.29. The van der Waals surface area contributed by atoms with Gasteiger partial charge in [0.1, 0.15) is 0 Å². The summed E-state index contributed by atoms with van der Waals surface area (Å²) in [7, 11) is -3.68. The molecule has 1 saturated heterocycles. The van der Waals surface area contributed by atoms with Crippen LogP contribution in [0.5, 0.6) is 0 Å². The normalized spacial score (nSPS) is 17.1. The standard InChI is InChI=1S/C25H27N3O3S2/c29-25(26-22-7-3-5-19(15-22)17-27-11-1-2-12-27)20-6-4-8-23(16-20)33(30,31)28-13-9-24-21(18-28)10-14-32-24/h3-8,10,14-16H,1-2,9,11-13,17-18H2,(H,26,29). The van der Waals surface area contributed by atoms with Crippen molar-refractivity contribution in [1.82, 2.24) is 9.21 Å². The van der Waals surface area contributed by atoms with E-state index in [-0.39, 0.29) is 10.8 Å². The molecule has 6 nitrogen and oxygen atoms in total. The Hall–Kier alpha value is -2.52. The van der Waals surface area contributed by atoms with Crippen molar-refractivity contribution in [1.29, 1.82) is 0 Å². The lowest BCUT2D eigenvalue weighted by atomic mass is 10.1. The second kappa shape index (κ2) is 9.38. The average molecular weight is 482 g/mol. The zero-order valence-corrected chi connectivity index (χ0v) is 20.0. The maximum Gasteiger partial charge on any atom is 0.255 e. The number of nitrogens with one attached hydrogen (secondary N) is 1. The van der Waals surface area contributed by atoms with Crippen LogP contribution in [0.25, 0.3) is 0 Å². The van der Waals surface area contributed by atoms with Crippen molar-refractivity contribution in [3.8, 4) is 0 Å². The number of benzene rings is 2. The van der Waals surface area contributed by atoms with E-state index in [1.165, 1.54) is 28.1 Å². The molecule has 3 aromatic rings. The second-order valence-corrected chi connectivity index (χ2v) is 11.6. The molecule has 2 aliphatic rings. The summed E-state index contributed by atoms with van der Waals surface area (Å²) < 4.78 is 28.0. The summed E-state index contributed by atoms with van der Waals surface area (Å²) in [6.45, 7) is 3.93. The molecule has 1 amide bonds. The minimum atomic E-state index is -3.68. The van der Waals surface area contributed by atoms with Crippen LogP contribution in [0.15, 0.2) is 64.9 Å². The van der Waals surface area contributed by atoms with E-state index in [1.54, 1.807) is 29.5 Å². The van der Waals surface area contributed by atoms with E-state index in [0.717, 1.165) is 37.2 Å². The minimum absolute atomic E-state index is 0.150. The number of hydrogen-bond acceptors (Lipinski definition) is 5. The lowest BCUT2D eigenvalue weighted by molar-refractivity contribution is 0.102. The van der Waals surface area contributed by atoms with Crippen LogP contribution in [-0.2, 0) is 29.5 Å². The average Bonchev–Trinajstić information content (AvgIpc) is 3.51. The molecule has 1 fully saturated rings. The molecule has 5 rings (SSSR count). The molecule has 0 atom stereocenters. The quantitative estimate of drug-likeness (QED) is 0.569. The molecular formula is C25H27N3O3S2. The molecule has 8 heteroatoms. The van der Waals surface area contributed by atoms with Gasteiger partial charge in [0.05, 0.1) is 4.90 Å². The number of thiophene rings is 1. The second-order valence-electron chi connectivity index (χ2n) is 8.62. The summed E-state index contributed by atoms with van der Waals surface area (Å²) >= 11 is 1.67. The van der Waals surface area contributed by atoms with Crippen molar-refractivity contribution in [3.05, 3.63) is 81.5 Å². The van der Waals surface area contributed by atoms with E-state index >= 15 is 0 Å². The van der Waals surface area contributed by atoms with Gasteiger partial charge in [0, 0.05) is 35.8 Å². The highest BCUT2D eigenvalue weighted by molar-refractivity contribution is 7.89. The zero-order chi connectivity index (χ0) is 22.8. The lowest BCUT2D eigenvalue weighted by Crippen LogP contribution is -2.35. The number of anilines is 1. The van der Waals surface area contributed by atoms with Crippen LogP contribution in [-0.4, -0.2) is 43.2 Å². The molecule has 0 radical (unpaired) electrons. The van der Waals surface area contributed by atoms with Gasteiger partial charge in [-0.3, -0.25) is 9.69 Å². The molecule has 1 aromatic heterocycles. The number of carbonyl (C=O) groups is 1. The fourth-order valence-electron chi connectivity index (χ4n) is 4.52. The number of amides is 1. The van der Waals surface area contributed by atoms with E-state index in [1.807, 2.05) is 29.6 Å². The van der Waals surface area contributed by atoms with Gasteiger partial charge in [0.2, 0.25) is 10.0 Å². The van der Waals surface area contributed by atoms with Gasteiger partial charge in [0.15, 0.2) is 0 Å². The topological polar surface area (TPSA) is 69.7 Å². The fourth-order valence-corrected chi connectivity index (χ4v) is 6.88. The van der Waals surface area contributed by atoms with Gasteiger partial charge < -0.3 is 5.32 Å². The third-order valence-corrected chi connectivity index (χ3v) is 9.16. The van der Waals surface area contributed by atoms with Crippen LogP contribution >= 0.6 is 11.3 Å². The molecule has 0 unspecified atom stereocenters. The molecule has 0 bridgehead atoms. The van der Waals surface area contributed by atoms with Crippen molar-refractivity contribution in [2.75, 3.05) is 25.0 Å². The van der Waals surface area contributed by atoms with Gasteiger partial charge in [0.25, 0.3) is 5.91 Å². The molecule has 3 heterocycles. The zero-order valence-electron chi connectivity index (χ0n) is 18.4. The Morgan fingerprint density at radius 1 is 1.00 bits per heavy atom. The Labute approximate surface area is 198 Å². The van der Waals surface area contributed by atoms with Crippen LogP contribution in [0.3, 0.4) is 0 Å². The maximum atomic E-state index is 13.3. The predicted molar refractivity (Wildman–Crippen MR) is 131 cm³/mol. The molecule has 0 saturated carbocycles. The minimum Gasteiger partial charge on any atom is -0.322 e. The predicted octanol–water partition coefficient (Wildman–Crippen LogP) is 4.34. The van der Waals surface area contributed by atoms with Crippen LogP contribution in [0.2, 0.25) is 0 Å². The number of nitrogens with zero attached hydrogens (tertiary/aromatic N) is 2. The summed E-state index contributed by atoms with van der Waals surface area (Å²) in [5, 5.41) is 4.93. The smallest absolute Gasteiger partial charge is 0.255 e. The third kappa shape index (κ3) is 4.89. The van der Waals surface area contributed by atoms with Crippen molar-refractivity contribution in [2.24, 2.45) is 0 Å². The first-order chi connectivity index (χ1) is 16.0. The Bertz CT molecular complexity index is 1260. The van der Waals surface area contributed by atoms with E-state index in [4.69, 9.17) is 0 Å². The number of fused-ring (bicyclic) bond motifs is 1. The first-order valence-electron chi connectivity index (χ1n) is 11.3. The Morgan fingerprint density at radius 3 is 2.67 bits per heavy atom. The van der Waals surface area contributed by atoms with Crippen molar-refractivity contribution >= 4 is 33.0 Å². The fraction of sp³-hybridized carbons (Fsp3) is 0.320. The molecule has 172 valence electrons. The summed E-state index contributed by atoms with van der Waals surface area (Å²) in [5.74, 6) is -0.316. The summed E-state index contributed by atoms with van der Waals surface area (Å²) in [5.41, 5.74) is 3.27. The molecule has 2 aromatic carbocycles. The van der Waals surface area contributed by atoms with Crippen molar-refractivity contribution in [3.63, 3.8) is 0 Å². The van der Waals surface area contributed by atoms with E-state index in [0.29, 0.717) is 24.3 Å². The number of sulfonamides is 1. The van der Waals surface area contributed by atoms with Crippen LogP contribution in [0, 0.1) is 0 Å². The molecule has 0 spiro atoms. The van der Waals surface area contributed by atoms with Crippen LogP contribution in [0.4, 0.5) is 5.69 Å². The highest BCUT2D eigenvalue weighted by atomic mass is 32.2. The van der Waals surface area contributed by atoms with E-state index in [9.17, 15) is 13.2 Å². The highest BCUT2D eigenvalue weighted by Crippen LogP contribution is 2.28. The third-order valence-electron chi connectivity index (χ3n) is 6.30. The van der Waals surface area contributed by atoms with Gasteiger partial charge in [-0.15, -0.1) is 11.3 Å². The van der Waals surface area contributed by atoms with Crippen LogP contribution < -0.4 is 5.32 Å². The SMILES string of the molecule is O=C(Nc1cccc(CN2CCCC2)c1)c1cccc(S(=O)(=O)N2CCc3sccc3C2)c1. The monoisotopic (exact) mass is 481 g/mol. The van der Waals surface area contributed by atoms with Gasteiger partial charge in [-0.2, -0.15) is 4.31 Å². The van der Waals surface area contributed by atoms with Crippen molar-refractivity contribution in [2.45, 2.75) is 37.2 Å². The Morgan fingerprint density at radius 2 is 1.82 bits per heavy atom. The van der Waals surface area contributed by atoms with Gasteiger partial charge in [-0.1, -0.05) is 18.2 Å². The van der Waals surface area contributed by atoms with Crippen molar-refractivity contribution < 1.29 is 13.2 Å². The molecule has 33 heavy (non-hydrogen) atoms. The number of hydrogen-bond donors (Lipinski definition) is 1. The summed E-state index contributed by atoms with van der Waals surface area (Å²) in [6, 6.07) is 16.2. The first kappa shape index (κ1) is 22.3. The summed E-state index contributed by atoms with van der Waals surface area (Å²) in [4.78, 5) is 16.7. The largest absolute Gasteiger partial charge is 0.322 e. The number of carbonyl (C=O) groups excluding carboxylic acids is 1. The Kier molecular flexibility index (Phi) is 6.34. The summed E-state index contributed by atoms with van der Waals surface area (Å²) in [6.07, 6.45) is 3.20. The van der Waals surface area contributed by atoms with Crippen LogP contribution in [0.1, 0.15) is 39.2 Å². The van der Waals surface area contributed by atoms with E-state index < -0.39 is 10.0 Å². The number of rotatable bonds is 6. The van der Waals surface area contributed by atoms with Gasteiger partial charge in [-0.25, -0.2) is 8.42 Å². The van der Waals surface area contributed by atoms with E-state index in [2.05, 4.69) is 16.3 Å². The maximum absolute atomic E-state index is 13.3. The Balaban J connectivity index is 1.30. The van der Waals surface area contributed by atoms with Gasteiger partial charge in [-0.05, 0) is 85.3 Å². The first-order valence-corrected chi connectivity index (χ1v) is 13.6. The van der Waals surface area contributed by atoms with Gasteiger partial charge >= 0.3 is 0 Å². The lowest BCUT2D eigenvalue weighted by Gasteiger charge is -2.26. The molecule has 2 aliphatic heterocycles. The molecule has 1 N–H and O–H groups in total. The molecule has 0 aliphatic carbocycles. The molecular weight excluding hydrogens is 454 g/mol. The number of likely N-dealkylation sites (tertiary alicyclic amines) is 1.